The number of sulfonamides is 1. The van der Waals surface area contributed by atoms with Gasteiger partial charge in [0.1, 0.15) is 12.6 Å². The molecule has 0 unspecified atom stereocenters. The number of nitrogens with one attached hydrogen (secondary N) is 1. The number of fused-ring (bicyclic) bond motifs is 1. The molecule has 11 heteroatoms. The summed E-state index contributed by atoms with van der Waals surface area (Å²) in [5.74, 6) is -1.92. The van der Waals surface area contributed by atoms with Crippen LogP contribution in [0.4, 0.5) is 18.9 Å². The summed E-state index contributed by atoms with van der Waals surface area (Å²) in [5, 5.41) is 1.68. The molecule has 0 fully saturated rings. The third-order valence-electron chi connectivity index (χ3n) is 4.36. The zero-order chi connectivity index (χ0) is 21.4. The summed E-state index contributed by atoms with van der Waals surface area (Å²) in [5.41, 5.74) is 6.01. The Kier molecular flexibility index (Phi) is 5.26. The van der Waals surface area contributed by atoms with Crippen molar-refractivity contribution < 1.29 is 31.2 Å². The van der Waals surface area contributed by atoms with Crippen LogP contribution >= 0.6 is 0 Å². The molecule has 0 saturated carbocycles. The molecule has 0 aromatic heterocycles. The third-order valence-corrected chi connectivity index (χ3v) is 6.17. The minimum Gasteiger partial charge on any atom is -0.368 e. The molecular formula is C18H16F3N3O4S. The molecule has 29 heavy (non-hydrogen) atoms. The Morgan fingerprint density at radius 3 is 2.48 bits per heavy atom. The van der Waals surface area contributed by atoms with Crippen molar-refractivity contribution in [3.8, 4) is 0 Å². The number of nitrogens with zero attached hydrogens (tertiary/aromatic N) is 1. The van der Waals surface area contributed by atoms with Crippen LogP contribution < -0.4 is 15.4 Å². The Hall–Kier alpha value is -3.08. The van der Waals surface area contributed by atoms with Gasteiger partial charge in [0.15, 0.2) is 0 Å². The summed E-state index contributed by atoms with van der Waals surface area (Å²) in [6.45, 7) is -1.55. The molecule has 0 aliphatic carbocycles. The van der Waals surface area contributed by atoms with Gasteiger partial charge in [-0.1, -0.05) is 24.3 Å². The molecule has 1 atom stereocenters. The third kappa shape index (κ3) is 4.19. The number of primary amides is 1. The van der Waals surface area contributed by atoms with Crippen LogP contribution in [0.5, 0.6) is 0 Å². The maximum Gasteiger partial charge on any atom is 0.405 e. The first-order valence-corrected chi connectivity index (χ1v) is 9.81. The number of carbonyl (C=O) groups is 2. The van der Waals surface area contributed by atoms with Crippen LogP contribution in [0, 0.1) is 0 Å². The van der Waals surface area contributed by atoms with Gasteiger partial charge in [-0.2, -0.15) is 13.2 Å². The van der Waals surface area contributed by atoms with E-state index < -0.39 is 40.6 Å². The number of nitrogens with two attached hydrogens (primary N) is 1. The Morgan fingerprint density at radius 2 is 1.83 bits per heavy atom. The number of carbonyl (C=O) groups excluding carboxylic acids is 2. The highest BCUT2D eigenvalue weighted by molar-refractivity contribution is 7.93. The summed E-state index contributed by atoms with van der Waals surface area (Å²) in [6, 6.07) is 9.90. The predicted molar refractivity (Wildman–Crippen MR) is 97.6 cm³/mol. The van der Waals surface area contributed by atoms with Gasteiger partial charge >= 0.3 is 6.18 Å². The summed E-state index contributed by atoms with van der Waals surface area (Å²) in [7, 11) is -4.32. The molecule has 1 aliphatic heterocycles. The zero-order valence-electron chi connectivity index (χ0n) is 14.8. The SMILES string of the molecule is NC(=O)[C@@H]1Cc2ccccc2N1S(=O)(=O)c1cccc(C(=O)NCC(F)(F)F)c1. The number of para-hydroxylation sites is 1. The number of rotatable bonds is 5. The first kappa shape index (κ1) is 20.6. The molecule has 0 bridgehead atoms. The zero-order valence-corrected chi connectivity index (χ0v) is 15.6. The molecule has 154 valence electrons. The lowest BCUT2D eigenvalue weighted by Crippen LogP contribution is -2.46. The lowest BCUT2D eigenvalue weighted by molar-refractivity contribution is -0.123. The van der Waals surface area contributed by atoms with Gasteiger partial charge in [-0.25, -0.2) is 8.42 Å². The number of benzene rings is 2. The predicted octanol–water partition coefficient (Wildman–Crippen LogP) is 1.58. The van der Waals surface area contributed by atoms with Gasteiger partial charge in [-0.3, -0.25) is 13.9 Å². The van der Waals surface area contributed by atoms with Crippen molar-refractivity contribution in [1.29, 1.82) is 0 Å². The van der Waals surface area contributed by atoms with Gasteiger partial charge in [-0.15, -0.1) is 0 Å². The lowest BCUT2D eigenvalue weighted by atomic mass is 10.1. The highest BCUT2D eigenvalue weighted by Crippen LogP contribution is 2.36. The molecule has 2 aromatic rings. The summed E-state index contributed by atoms with van der Waals surface area (Å²) in [6.07, 6.45) is -4.51. The van der Waals surface area contributed by atoms with Crippen LogP contribution in [0.25, 0.3) is 0 Å². The van der Waals surface area contributed by atoms with E-state index in [9.17, 15) is 31.2 Å². The van der Waals surface area contributed by atoms with E-state index in [-0.39, 0.29) is 22.6 Å². The number of alkyl halides is 3. The molecule has 2 aromatic carbocycles. The number of anilines is 1. The first-order chi connectivity index (χ1) is 13.5. The largest absolute Gasteiger partial charge is 0.405 e. The molecule has 1 heterocycles. The van der Waals surface area contributed by atoms with Crippen molar-refractivity contribution in [3.05, 3.63) is 59.7 Å². The van der Waals surface area contributed by atoms with Crippen LogP contribution in [0.2, 0.25) is 0 Å². The Bertz CT molecular complexity index is 1070. The van der Waals surface area contributed by atoms with E-state index in [0.717, 1.165) is 10.4 Å². The van der Waals surface area contributed by atoms with Crippen molar-refractivity contribution >= 4 is 27.5 Å². The second-order valence-corrected chi connectivity index (χ2v) is 8.19. The Balaban J connectivity index is 1.97. The first-order valence-electron chi connectivity index (χ1n) is 8.37. The maximum absolute atomic E-state index is 13.2. The monoisotopic (exact) mass is 427 g/mol. The molecule has 1 aliphatic rings. The fraction of sp³-hybridized carbons (Fsp3) is 0.222. The van der Waals surface area contributed by atoms with Crippen LogP contribution in [-0.2, 0) is 21.2 Å². The lowest BCUT2D eigenvalue weighted by Gasteiger charge is -2.25. The summed E-state index contributed by atoms with van der Waals surface area (Å²) in [4.78, 5) is 23.5. The molecule has 0 spiro atoms. The number of hydrogen-bond acceptors (Lipinski definition) is 4. The van der Waals surface area contributed by atoms with Crippen LogP contribution in [0.3, 0.4) is 0 Å². The second-order valence-electron chi connectivity index (χ2n) is 6.38. The highest BCUT2D eigenvalue weighted by Gasteiger charge is 2.41. The summed E-state index contributed by atoms with van der Waals surface area (Å²) >= 11 is 0. The Labute approximate surface area is 164 Å². The minimum absolute atomic E-state index is 0.0937. The average molecular weight is 427 g/mol. The van der Waals surface area contributed by atoms with E-state index in [1.165, 1.54) is 24.3 Å². The number of amides is 2. The van der Waals surface area contributed by atoms with Gasteiger partial charge in [0, 0.05) is 12.0 Å². The van der Waals surface area contributed by atoms with E-state index in [1.807, 2.05) is 0 Å². The van der Waals surface area contributed by atoms with Gasteiger partial charge in [0.05, 0.1) is 10.6 Å². The molecule has 0 radical (unpaired) electrons. The van der Waals surface area contributed by atoms with E-state index >= 15 is 0 Å². The fourth-order valence-electron chi connectivity index (χ4n) is 3.06. The Morgan fingerprint density at radius 1 is 1.14 bits per heavy atom. The minimum atomic E-state index is -4.60. The molecule has 7 nitrogen and oxygen atoms in total. The van der Waals surface area contributed by atoms with Crippen molar-refractivity contribution in [2.24, 2.45) is 5.73 Å². The standard InChI is InChI=1S/C18H16F3N3O4S/c19-18(20,21)10-23-17(26)12-5-3-6-13(8-12)29(27,28)24-14-7-2-1-4-11(14)9-15(24)16(22)25/h1-8,15H,9-10H2,(H2,22,25)(H,23,26)/t15-/m0/s1. The highest BCUT2D eigenvalue weighted by atomic mass is 32.2. The van der Waals surface area contributed by atoms with E-state index in [4.69, 9.17) is 5.73 Å². The quantitative estimate of drug-likeness (QED) is 0.755. The van der Waals surface area contributed by atoms with Gasteiger partial charge < -0.3 is 11.1 Å². The molecule has 2 amide bonds. The van der Waals surface area contributed by atoms with E-state index in [1.54, 1.807) is 23.5 Å². The summed E-state index contributed by atoms with van der Waals surface area (Å²) < 4.78 is 64.2. The molecule has 3 rings (SSSR count). The van der Waals surface area contributed by atoms with Crippen molar-refractivity contribution in [2.45, 2.75) is 23.5 Å². The van der Waals surface area contributed by atoms with E-state index in [2.05, 4.69) is 0 Å². The number of halogens is 3. The normalized spacial score (nSPS) is 16.4. The smallest absolute Gasteiger partial charge is 0.368 e. The van der Waals surface area contributed by atoms with Crippen LogP contribution in [0.1, 0.15) is 15.9 Å². The van der Waals surface area contributed by atoms with Crippen molar-refractivity contribution in [3.63, 3.8) is 0 Å². The number of hydrogen-bond donors (Lipinski definition) is 2. The van der Waals surface area contributed by atoms with Crippen LogP contribution in [0.15, 0.2) is 53.4 Å². The van der Waals surface area contributed by atoms with Gasteiger partial charge in [0.25, 0.3) is 15.9 Å². The van der Waals surface area contributed by atoms with Gasteiger partial charge in [0.2, 0.25) is 5.91 Å². The average Bonchev–Trinajstić information content (AvgIpc) is 3.06. The van der Waals surface area contributed by atoms with Crippen molar-refractivity contribution in [2.75, 3.05) is 10.8 Å². The van der Waals surface area contributed by atoms with Crippen LogP contribution in [-0.4, -0.2) is 39.0 Å². The second kappa shape index (κ2) is 7.39. The molecule has 3 N–H and O–H groups in total. The van der Waals surface area contributed by atoms with E-state index in [0.29, 0.717) is 5.56 Å². The fourth-order valence-corrected chi connectivity index (χ4v) is 4.77. The molecular weight excluding hydrogens is 411 g/mol. The topological polar surface area (TPSA) is 110 Å². The van der Waals surface area contributed by atoms with Gasteiger partial charge in [-0.05, 0) is 29.8 Å². The molecule has 0 saturated heterocycles. The van der Waals surface area contributed by atoms with Crippen molar-refractivity contribution in [1.82, 2.24) is 5.32 Å². The maximum atomic E-state index is 13.2.